The van der Waals surface area contributed by atoms with Crippen molar-refractivity contribution in [2.45, 2.75) is 34.6 Å². The number of hydrogen-bond donors (Lipinski definition) is 1. The first-order valence-electron chi connectivity index (χ1n) is 6.88. The van der Waals surface area contributed by atoms with Crippen molar-refractivity contribution in [3.8, 4) is 0 Å². The molecule has 0 aliphatic heterocycles. The van der Waals surface area contributed by atoms with E-state index in [2.05, 4.69) is 13.0 Å². The van der Waals surface area contributed by atoms with Crippen molar-refractivity contribution in [1.29, 1.82) is 0 Å². The third-order valence-electron chi connectivity index (χ3n) is 3.22. The zero-order chi connectivity index (χ0) is 16.0. The first-order chi connectivity index (χ1) is 9.81. The average molecular weight is 285 g/mol. The van der Waals surface area contributed by atoms with Gasteiger partial charge in [-0.05, 0) is 45.8 Å². The van der Waals surface area contributed by atoms with Gasteiger partial charge in [-0.3, -0.25) is 4.79 Å². The highest BCUT2D eigenvalue weighted by Gasteiger charge is 2.07. The smallest absolute Gasteiger partial charge is 0.241 e. The Balaban J connectivity index is 2.79. The number of amides is 1. The molecule has 0 saturated carbocycles. The fourth-order valence-electron chi connectivity index (χ4n) is 1.95. The molecule has 0 bridgehead atoms. The highest BCUT2D eigenvalue weighted by atomic mass is 16.3. The van der Waals surface area contributed by atoms with Crippen molar-refractivity contribution in [1.82, 2.24) is 0 Å². The van der Waals surface area contributed by atoms with Crippen molar-refractivity contribution in [2.24, 2.45) is 5.73 Å². The van der Waals surface area contributed by atoms with Gasteiger partial charge in [0.15, 0.2) is 0 Å². The molecule has 21 heavy (non-hydrogen) atoms. The van der Waals surface area contributed by atoms with Crippen molar-refractivity contribution in [2.75, 3.05) is 0 Å². The summed E-state index contributed by atoms with van der Waals surface area (Å²) in [6, 6.07) is 0. The Morgan fingerprint density at radius 2 is 1.71 bits per heavy atom. The summed E-state index contributed by atoms with van der Waals surface area (Å²) in [5.74, 6) is 1.46. The Hall–Kier alpha value is -2.29. The second kappa shape index (κ2) is 7.48. The summed E-state index contributed by atoms with van der Waals surface area (Å²) < 4.78 is 5.59. The molecule has 0 saturated heterocycles. The lowest BCUT2D eigenvalue weighted by molar-refractivity contribution is -0.113. The van der Waals surface area contributed by atoms with Crippen LogP contribution in [0.2, 0.25) is 0 Å². The van der Waals surface area contributed by atoms with E-state index in [1.165, 1.54) is 11.6 Å². The molecule has 0 unspecified atom stereocenters. The van der Waals surface area contributed by atoms with Crippen LogP contribution in [0.5, 0.6) is 0 Å². The summed E-state index contributed by atoms with van der Waals surface area (Å²) in [4.78, 5) is 10.7. The van der Waals surface area contributed by atoms with E-state index < -0.39 is 5.91 Å². The second-order valence-corrected chi connectivity index (χ2v) is 5.15. The van der Waals surface area contributed by atoms with Crippen LogP contribution in [-0.2, 0) is 4.79 Å². The lowest BCUT2D eigenvalue weighted by Gasteiger charge is -1.93. The molecule has 112 valence electrons. The van der Waals surface area contributed by atoms with Crippen molar-refractivity contribution in [3.63, 3.8) is 0 Å². The standard InChI is InChI=1S/C18H23NO2/c1-12(7-6-8-13(2)11-18(19)20)9-10-17-14(3)15(4)21-16(17)5/h6-11H,1-5H3,(H2,19,20)/b8-6+,10-9+,12-7+,13-11+. The van der Waals surface area contributed by atoms with E-state index in [-0.39, 0.29) is 0 Å². The highest BCUT2D eigenvalue weighted by Crippen LogP contribution is 2.22. The van der Waals surface area contributed by atoms with E-state index in [1.54, 1.807) is 0 Å². The molecular formula is C18H23NO2. The highest BCUT2D eigenvalue weighted by molar-refractivity contribution is 5.86. The van der Waals surface area contributed by atoms with Crippen LogP contribution >= 0.6 is 0 Å². The molecule has 0 radical (unpaired) electrons. The molecule has 1 amide bonds. The molecule has 0 fully saturated rings. The largest absolute Gasteiger partial charge is 0.466 e. The number of rotatable bonds is 5. The number of furan rings is 1. The summed E-state index contributed by atoms with van der Waals surface area (Å²) >= 11 is 0. The van der Waals surface area contributed by atoms with Gasteiger partial charge in [-0.15, -0.1) is 0 Å². The zero-order valence-electron chi connectivity index (χ0n) is 13.4. The predicted molar refractivity (Wildman–Crippen MR) is 87.8 cm³/mol. The number of carbonyl (C=O) groups excluding carboxylic acids is 1. The normalized spacial score (nSPS) is 13.6. The maximum Gasteiger partial charge on any atom is 0.241 e. The maximum atomic E-state index is 10.7. The molecule has 1 aromatic rings. The third-order valence-corrected chi connectivity index (χ3v) is 3.22. The summed E-state index contributed by atoms with van der Waals surface area (Å²) in [5, 5.41) is 0. The van der Waals surface area contributed by atoms with Crippen LogP contribution in [0.1, 0.15) is 36.5 Å². The van der Waals surface area contributed by atoms with Gasteiger partial charge in [0, 0.05) is 11.6 Å². The fraction of sp³-hybridized carbons (Fsp3) is 0.278. The first kappa shape index (κ1) is 16.8. The summed E-state index contributed by atoms with van der Waals surface area (Å²) in [6.07, 6.45) is 11.2. The van der Waals surface area contributed by atoms with Crippen LogP contribution in [0.25, 0.3) is 6.08 Å². The number of primary amides is 1. The van der Waals surface area contributed by atoms with Gasteiger partial charge in [-0.25, -0.2) is 0 Å². The van der Waals surface area contributed by atoms with Gasteiger partial charge >= 0.3 is 0 Å². The van der Waals surface area contributed by atoms with Gasteiger partial charge in [0.1, 0.15) is 11.5 Å². The maximum absolute atomic E-state index is 10.7. The molecular weight excluding hydrogens is 262 g/mol. The summed E-state index contributed by atoms with van der Waals surface area (Å²) in [5.41, 5.74) is 9.32. The molecule has 0 aromatic carbocycles. The van der Waals surface area contributed by atoms with Crippen LogP contribution in [0.4, 0.5) is 0 Å². The Kier molecular flexibility index (Phi) is 5.97. The fourth-order valence-corrected chi connectivity index (χ4v) is 1.95. The number of hydrogen-bond acceptors (Lipinski definition) is 2. The van der Waals surface area contributed by atoms with E-state index in [4.69, 9.17) is 10.2 Å². The van der Waals surface area contributed by atoms with Gasteiger partial charge < -0.3 is 10.2 Å². The minimum absolute atomic E-state index is 0.431. The molecule has 3 nitrogen and oxygen atoms in total. The van der Waals surface area contributed by atoms with E-state index >= 15 is 0 Å². The van der Waals surface area contributed by atoms with Crippen LogP contribution in [0.15, 0.2) is 45.9 Å². The van der Waals surface area contributed by atoms with E-state index in [0.717, 1.165) is 28.2 Å². The lowest BCUT2D eigenvalue weighted by Crippen LogP contribution is -2.06. The predicted octanol–water partition coefficient (Wildman–Crippen LogP) is 4.15. The van der Waals surface area contributed by atoms with Gasteiger partial charge in [0.05, 0.1) is 0 Å². The van der Waals surface area contributed by atoms with Crippen molar-refractivity contribution in [3.05, 3.63) is 64.2 Å². The Bertz CT molecular complexity index is 640. The van der Waals surface area contributed by atoms with Crippen LogP contribution < -0.4 is 5.73 Å². The molecule has 2 N–H and O–H groups in total. The van der Waals surface area contributed by atoms with Gasteiger partial charge in [0.25, 0.3) is 0 Å². The van der Waals surface area contributed by atoms with Crippen molar-refractivity contribution < 1.29 is 9.21 Å². The molecule has 0 atom stereocenters. The molecule has 0 aliphatic carbocycles. The first-order valence-corrected chi connectivity index (χ1v) is 6.88. The zero-order valence-corrected chi connectivity index (χ0v) is 13.4. The van der Waals surface area contributed by atoms with E-state index in [1.807, 2.05) is 52.0 Å². The lowest BCUT2D eigenvalue weighted by atomic mass is 10.1. The summed E-state index contributed by atoms with van der Waals surface area (Å²) in [7, 11) is 0. The van der Waals surface area contributed by atoms with E-state index in [9.17, 15) is 4.79 Å². The molecule has 1 heterocycles. The number of carbonyl (C=O) groups is 1. The van der Waals surface area contributed by atoms with Gasteiger partial charge in [0.2, 0.25) is 5.91 Å². The topological polar surface area (TPSA) is 56.2 Å². The minimum Gasteiger partial charge on any atom is -0.466 e. The van der Waals surface area contributed by atoms with Gasteiger partial charge in [-0.2, -0.15) is 0 Å². The Morgan fingerprint density at radius 3 is 2.24 bits per heavy atom. The second-order valence-electron chi connectivity index (χ2n) is 5.15. The Morgan fingerprint density at radius 1 is 1.05 bits per heavy atom. The quantitative estimate of drug-likeness (QED) is 0.652. The monoisotopic (exact) mass is 285 g/mol. The molecule has 0 aliphatic rings. The van der Waals surface area contributed by atoms with Gasteiger partial charge in [-0.1, -0.05) is 36.0 Å². The Labute approximate surface area is 126 Å². The summed E-state index contributed by atoms with van der Waals surface area (Å²) in [6.45, 7) is 9.85. The molecule has 1 aromatic heterocycles. The van der Waals surface area contributed by atoms with Crippen molar-refractivity contribution >= 4 is 12.0 Å². The molecule has 1 rings (SSSR count). The molecule has 0 spiro atoms. The number of nitrogens with two attached hydrogens (primary N) is 1. The molecule has 3 heteroatoms. The SMILES string of the molecule is CC(/C=C/c1c(C)oc(C)c1C)=C\C=C\C(C)=C\C(N)=O. The van der Waals surface area contributed by atoms with E-state index in [0.29, 0.717) is 0 Å². The number of allylic oxidation sites excluding steroid dienone is 6. The third kappa shape index (κ3) is 5.30. The van der Waals surface area contributed by atoms with Crippen LogP contribution in [0, 0.1) is 20.8 Å². The number of aryl methyl sites for hydroxylation is 2. The van der Waals surface area contributed by atoms with Crippen LogP contribution in [-0.4, -0.2) is 5.91 Å². The minimum atomic E-state index is -0.431. The average Bonchev–Trinajstić information content (AvgIpc) is 2.60. The van der Waals surface area contributed by atoms with Crippen LogP contribution in [0.3, 0.4) is 0 Å².